The number of hydrogen-bond donors (Lipinski definition) is 5. The lowest BCUT2D eigenvalue weighted by Crippen LogP contribution is -2.57. The Bertz CT molecular complexity index is 382. The highest BCUT2D eigenvalue weighted by Crippen LogP contribution is 2.05. The maximum Gasteiger partial charge on any atom is 0.226 e. The van der Waals surface area contributed by atoms with Crippen molar-refractivity contribution < 1.29 is 20.1 Å². The van der Waals surface area contributed by atoms with E-state index in [4.69, 9.17) is 21.1 Å². The van der Waals surface area contributed by atoms with Crippen LogP contribution in [0.25, 0.3) is 0 Å². The Morgan fingerprint density at radius 2 is 1.89 bits per heavy atom. The molecule has 0 fully saturated rings. The van der Waals surface area contributed by atoms with Crippen molar-refractivity contribution in [1.82, 2.24) is 10.3 Å². The molecule has 0 bridgehead atoms. The van der Waals surface area contributed by atoms with Crippen molar-refractivity contribution in [2.24, 2.45) is 0 Å². The first-order valence-electron chi connectivity index (χ1n) is 5.39. The Hall–Kier alpha value is -1.70. The summed E-state index contributed by atoms with van der Waals surface area (Å²) in [7, 11) is 0. The fourth-order valence-corrected chi connectivity index (χ4v) is 1.31. The Kier molecular flexibility index (Phi) is 5.02. The van der Waals surface area contributed by atoms with Crippen molar-refractivity contribution in [2.75, 3.05) is 25.6 Å². The molecule has 7 nitrogen and oxygen atoms in total. The molecule has 1 aromatic heterocycles. The first kappa shape index (κ1) is 14.4. The van der Waals surface area contributed by atoms with Crippen LogP contribution < -0.4 is 11.1 Å². The summed E-state index contributed by atoms with van der Waals surface area (Å²) in [5, 5.41) is 29.6. The minimum atomic E-state index is -1.41. The van der Waals surface area contributed by atoms with Crippen LogP contribution in [-0.4, -0.2) is 51.6 Å². The molecule has 1 heterocycles. The van der Waals surface area contributed by atoms with Gasteiger partial charge in [-0.3, -0.25) is 9.78 Å². The molecular formula is C11H17N3O4. The van der Waals surface area contributed by atoms with Crippen molar-refractivity contribution in [2.45, 2.75) is 12.0 Å². The number of carbonyl (C=O) groups is 1. The number of aliphatic hydroxyl groups excluding tert-OH is 3. The number of carbonyl (C=O) groups excluding carboxylic acids is 1. The van der Waals surface area contributed by atoms with Gasteiger partial charge in [-0.2, -0.15) is 0 Å². The molecule has 7 heteroatoms. The van der Waals surface area contributed by atoms with Crippen molar-refractivity contribution in [3.8, 4) is 0 Å². The first-order valence-corrected chi connectivity index (χ1v) is 5.39. The van der Waals surface area contributed by atoms with Crippen molar-refractivity contribution >= 4 is 11.6 Å². The minimum Gasteiger partial charge on any atom is -0.397 e. The molecule has 100 valence electrons. The number of amides is 1. The van der Waals surface area contributed by atoms with Crippen LogP contribution in [0.15, 0.2) is 18.3 Å². The van der Waals surface area contributed by atoms with Gasteiger partial charge in [-0.15, -0.1) is 0 Å². The van der Waals surface area contributed by atoms with E-state index in [1.165, 1.54) is 6.20 Å². The van der Waals surface area contributed by atoms with E-state index in [2.05, 4.69) is 10.3 Å². The summed E-state index contributed by atoms with van der Waals surface area (Å²) < 4.78 is 0. The average molecular weight is 255 g/mol. The van der Waals surface area contributed by atoms with Crippen LogP contribution in [0.3, 0.4) is 0 Å². The van der Waals surface area contributed by atoms with Gasteiger partial charge in [-0.25, -0.2) is 0 Å². The van der Waals surface area contributed by atoms with E-state index in [1.807, 2.05) is 0 Å². The van der Waals surface area contributed by atoms with Gasteiger partial charge in [0.05, 0.1) is 38.1 Å². The number of rotatable bonds is 6. The molecule has 0 aromatic carbocycles. The number of nitrogens with zero attached hydrogens (tertiary/aromatic N) is 1. The van der Waals surface area contributed by atoms with Crippen LogP contribution >= 0.6 is 0 Å². The van der Waals surface area contributed by atoms with Crippen molar-refractivity contribution in [3.05, 3.63) is 24.0 Å². The number of nitrogens with one attached hydrogen (secondary N) is 1. The molecule has 0 unspecified atom stereocenters. The SMILES string of the molecule is Nc1ccc(CC(=O)NC(CO)(CO)CO)nc1. The molecule has 0 aliphatic heterocycles. The summed E-state index contributed by atoms with van der Waals surface area (Å²) in [5.41, 5.74) is 5.05. The lowest BCUT2D eigenvalue weighted by molar-refractivity contribution is -0.124. The highest BCUT2D eigenvalue weighted by molar-refractivity contribution is 5.79. The smallest absolute Gasteiger partial charge is 0.226 e. The fourth-order valence-electron chi connectivity index (χ4n) is 1.31. The summed E-state index contributed by atoms with van der Waals surface area (Å²) >= 11 is 0. The number of aliphatic hydroxyl groups is 3. The highest BCUT2D eigenvalue weighted by Gasteiger charge is 2.29. The average Bonchev–Trinajstić information content (AvgIpc) is 2.39. The van der Waals surface area contributed by atoms with E-state index in [0.717, 1.165) is 0 Å². The molecule has 6 N–H and O–H groups in total. The van der Waals surface area contributed by atoms with Crippen LogP contribution in [0.1, 0.15) is 5.69 Å². The molecule has 0 spiro atoms. The molecule has 0 atom stereocenters. The maximum absolute atomic E-state index is 11.7. The summed E-state index contributed by atoms with van der Waals surface area (Å²) in [5.74, 6) is -0.454. The number of nitrogen functional groups attached to an aromatic ring is 1. The molecule has 0 saturated heterocycles. The normalized spacial score (nSPS) is 11.3. The van der Waals surface area contributed by atoms with Crippen LogP contribution in [0.2, 0.25) is 0 Å². The van der Waals surface area contributed by atoms with Gasteiger partial charge in [0.1, 0.15) is 5.54 Å². The molecule has 0 aliphatic rings. The zero-order valence-corrected chi connectivity index (χ0v) is 9.83. The van der Waals surface area contributed by atoms with Gasteiger partial charge in [-0.05, 0) is 12.1 Å². The van der Waals surface area contributed by atoms with Crippen LogP contribution in [-0.2, 0) is 11.2 Å². The summed E-state index contributed by atoms with van der Waals surface area (Å²) in [6.07, 6.45) is 1.40. The molecular weight excluding hydrogens is 238 g/mol. The zero-order valence-electron chi connectivity index (χ0n) is 9.83. The van der Waals surface area contributed by atoms with Gasteiger partial charge in [0.25, 0.3) is 0 Å². The van der Waals surface area contributed by atoms with Crippen LogP contribution in [0.4, 0.5) is 5.69 Å². The Labute approximate surface area is 104 Å². The van der Waals surface area contributed by atoms with Crippen LogP contribution in [0, 0.1) is 0 Å². The number of pyridine rings is 1. The minimum absolute atomic E-state index is 0.0258. The number of hydrogen-bond acceptors (Lipinski definition) is 6. The Balaban J connectivity index is 2.63. The quantitative estimate of drug-likeness (QED) is 0.401. The number of aromatic nitrogens is 1. The van der Waals surface area contributed by atoms with E-state index in [-0.39, 0.29) is 6.42 Å². The van der Waals surface area contributed by atoms with Crippen molar-refractivity contribution in [3.63, 3.8) is 0 Å². The first-order chi connectivity index (χ1) is 8.55. The second-order valence-corrected chi connectivity index (χ2v) is 4.06. The molecule has 1 aromatic rings. The van der Waals surface area contributed by atoms with E-state index < -0.39 is 31.3 Å². The monoisotopic (exact) mass is 255 g/mol. The molecule has 18 heavy (non-hydrogen) atoms. The van der Waals surface area contributed by atoms with Crippen molar-refractivity contribution in [1.29, 1.82) is 0 Å². The predicted molar refractivity (Wildman–Crippen MR) is 64.5 cm³/mol. The molecule has 0 radical (unpaired) electrons. The van der Waals surface area contributed by atoms with Gasteiger partial charge in [-0.1, -0.05) is 0 Å². The second kappa shape index (κ2) is 6.29. The third-order valence-corrected chi connectivity index (χ3v) is 2.50. The van der Waals surface area contributed by atoms with Crippen LogP contribution in [0.5, 0.6) is 0 Å². The third kappa shape index (κ3) is 3.66. The summed E-state index contributed by atoms with van der Waals surface area (Å²) in [6.45, 7) is -1.66. The number of nitrogens with two attached hydrogens (primary N) is 1. The summed E-state index contributed by atoms with van der Waals surface area (Å²) in [6, 6.07) is 3.22. The Morgan fingerprint density at radius 3 is 2.33 bits per heavy atom. The Morgan fingerprint density at radius 1 is 1.28 bits per heavy atom. The predicted octanol–water partition coefficient (Wildman–Crippen LogP) is -1.96. The number of anilines is 1. The topological polar surface area (TPSA) is 129 Å². The standard InChI is InChI=1S/C11H17N3O4/c12-8-1-2-9(13-4-8)3-10(18)14-11(5-15,6-16)7-17/h1-2,4,15-17H,3,5-7,12H2,(H,14,18). The zero-order chi connectivity index (χ0) is 13.6. The summed E-state index contributed by atoms with van der Waals surface area (Å²) in [4.78, 5) is 15.6. The maximum atomic E-state index is 11.7. The lowest BCUT2D eigenvalue weighted by atomic mass is 10.0. The van der Waals surface area contributed by atoms with E-state index in [0.29, 0.717) is 11.4 Å². The van der Waals surface area contributed by atoms with Gasteiger partial charge in [0.15, 0.2) is 0 Å². The third-order valence-electron chi connectivity index (χ3n) is 2.50. The van der Waals surface area contributed by atoms with E-state index in [1.54, 1.807) is 12.1 Å². The molecule has 1 rings (SSSR count). The van der Waals surface area contributed by atoms with E-state index >= 15 is 0 Å². The molecule has 0 saturated carbocycles. The van der Waals surface area contributed by atoms with Gasteiger partial charge < -0.3 is 26.4 Å². The van der Waals surface area contributed by atoms with E-state index in [9.17, 15) is 4.79 Å². The second-order valence-electron chi connectivity index (χ2n) is 4.06. The fraction of sp³-hybridized carbons (Fsp3) is 0.455. The van der Waals surface area contributed by atoms with Gasteiger partial charge in [0.2, 0.25) is 5.91 Å². The highest BCUT2D eigenvalue weighted by atomic mass is 16.3. The largest absolute Gasteiger partial charge is 0.397 e. The van der Waals surface area contributed by atoms with Gasteiger partial charge in [0, 0.05) is 5.69 Å². The molecule has 0 aliphatic carbocycles. The lowest BCUT2D eigenvalue weighted by Gasteiger charge is -2.28. The van der Waals surface area contributed by atoms with Gasteiger partial charge >= 0.3 is 0 Å². The molecule has 1 amide bonds.